The molecule has 0 N–H and O–H groups in total. The van der Waals surface area contributed by atoms with E-state index in [9.17, 15) is 4.79 Å². The van der Waals surface area contributed by atoms with Gasteiger partial charge in [-0.2, -0.15) is 0 Å². The van der Waals surface area contributed by atoms with Crippen molar-refractivity contribution in [2.24, 2.45) is 11.8 Å². The van der Waals surface area contributed by atoms with Crippen LogP contribution < -0.4 is 0 Å². The van der Waals surface area contributed by atoms with E-state index < -0.39 is 0 Å². The maximum Gasteiger partial charge on any atom is 0.225 e. The standard InChI is InChI=1S/C13H26N2O/c1-9(2)13(16)15(6)12-10(3)7-8-14(5)11(12)4/h9-12H,7-8H2,1-6H3. The lowest BCUT2D eigenvalue weighted by atomic mass is 9.86. The van der Waals surface area contributed by atoms with Crippen molar-refractivity contribution in [1.29, 1.82) is 0 Å². The molecule has 0 saturated carbocycles. The van der Waals surface area contributed by atoms with Crippen LogP contribution in [-0.4, -0.2) is 48.4 Å². The van der Waals surface area contributed by atoms with Gasteiger partial charge in [0, 0.05) is 25.0 Å². The normalized spacial score (nSPS) is 31.8. The second-order valence-corrected chi connectivity index (χ2v) is 5.58. The van der Waals surface area contributed by atoms with Crippen molar-refractivity contribution in [3.8, 4) is 0 Å². The smallest absolute Gasteiger partial charge is 0.225 e. The van der Waals surface area contributed by atoms with Crippen molar-refractivity contribution >= 4 is 5.91 Å². The van der Waals surface area contributed by atoms with Gasteiger partial charge >= 0.3 is 0 Å². The highest BCUT2D eigenvalue weighted by Gasteiger charge is 2.36. The molecule has 0 aromatic carbocycles. The van der Waals surface area contributed by atoms with Gasteiger partial charge in [-0.3, -0.25) is 4.79 Å². The first-order valence-corrected chi connectivity index (χ1v) is 6.33. The maximum absolute atomic E-state index is 12.0. The number of hydrogen-bond donors (Lipinski definition) is 0. The first-order chi connectivity index (χ1) is 7.36. The zero-order chi connectivity index (χ0) is 12.5. The molecule has 1 amide bonds. The molecule has 16 heavy (non-hydrogen) atoms. The third kappa shape index (κ3) is 2.57. The van der Waals surface area contributed by atoms with Crippen LogP contribution in [0, 0.1) is 11.8 Å². The van der Waals surface area contributed by atoms with Crippen LogP contribution in [0.4, 0.5) is 0 Å². The molecular formula is C13H26N2O. The molecule has 3 atom stereocenters. The number of carbonyl (C=O) groups is 1. The summed E-state index contributed by atoms with van der Waals surface area (Å²) in [6, 6.07) is 0.810. The summed E-state index contributed by atoms with van der Waals surface area (Å²) in [4.78, 5) is 16.4. The molecule has 1 aliphatic rings. The Morgan fingerprint density at radius 3 is 2.44 bits per heavy atom. The van der Waals surface area contributed by atoms with E-state index >= 15 is 0 Å². The fraction of sp³-hybridized carbons (Fsp3) is 0.923. The van der Waals surface area contributed by atoms with Gasteiger partial charge < -0.3 is 9.80 Å². The van der Waals surface area contributed by atoms with E-state index in [2.05, 4.69) is 25.8 Å². The van der Waals surface area contributed by atoms with Gasteiger partial charge in [0.05, 0.1) is 0 Å². The Morgan fingerprint density at radius 1 is 1.38 bits per heavy atom. The minimum atomic E-state index is 0.0941. The number of hydrogen-bond acceptors (Lipinski definition) is 2. The second kappa shape index (κ2) is 5.17. The molecule has 1 saturated heterocycles. The van der Waals surface area contributed by atoms with E-state index in [1.165, 1.54) is 6.42 Å². The summed E-state index contributed by atoms with van der Waals surface area (Å²) in [6.07, 6.45) is 1.18. The third-order valence-corrected chi connectivity index (χ3v) is 4.00. The van der Waals surface area contributed by atoms with Gasteiger partial charge in [0.2, 0.25) is 5.91 Å². The molecule has 0 aliphatic carbocycles. The zero-order valence-corrected chi connectivity index (χ0v) is 11.5. The molecule has 3 unspecified atom stereocenters. The first-order valence-electron chi connectivity index (χ1n) is 6.33. The van der Waals surface area contributed by atoms with Crippen molar-refractivity contribution in [1.82, 2.24) is 9.80 Å². The lowest BCUT2D eigenvalue weighted by molar-refractivity contribution is -0.138. The number of piperidine rings is 1. The summed E-state index contributed by atoms with van der Waals surface area (Å²) >= 11 is 0. The number of likely N-dealkylation sites (tertiary alicyclic amines) is 1. The van der Waals surface area contributed by atoms with Crippen LogP contribution in [-0.2, 0) is 4.79 Å². The minimum absolute atomic E-state index is 0.0941. The average molecular weight is 226 g/mol. The highest BCUT2D eigenvalue weighted by molar-refractivity contribution is 5.78. The molecular weight excluding hydrogens is 200 g/mol. The van der Waals surface area contributed by atoms with Crippen molar-refractivity contribution in [3.05, 3.63) is 0 Å². The van der Waals surface area contributed by atoms with E-state index in [0.29, 0.717) is 18.0 Å². The number of carbonyl (C=O) groups excluding carboxylic acids is 1. The molecule has 3 heteroatoms. The van der Waals surface area contributed by atoms with Crippen LogP contribution in [0.25, 0.3) is 0 Å². The monoisotopic (exact) mass is 226 g/mol. The Balaban J connectivity index is 2.79. The molecule has 1 aliphatic heterocycles. The minimum Gasteiger partial charge on any atom is -0.341 e. The summed E-state index contributed by atoms with van der Waals surface area (Å²) in [5.74, 6) is 0.953. The summed E-state index contributed by atoms with van der Waals surface area (Å²) in [6.45, 7) is 9.58. The van der Waals surface area contributed by atoms with E-state index in [0.717, 1.165) is 6.54 Å². The maximum atomic E-state index is 12.0. The molecule has 94 valence electrons. The Labute approximate surface area is 99.8 Å². The molecule has 1 rings (SSSR count). The van der Waals surface area contributed by atoms with Gasteiger partial charge in [-0.15, -0.1) is 0 Å². The number of amides is 1. The van der Waals surface area contributed by atoms with Crippen molar-refractivity contribution in [2.45, 2.75) is 46.2 Å². The SMILES string of the molecule is CC(C)C(=O)N(C)C1C(C)CCN(C)C1C. The summed E-state index contributed by atoms with van der Waals surface area (Å²) in [5.41, 5.74) is 0. The lowest BCUT2D eigenvalue weighted by Crippen LogP contribution is -2.57. The topological polar surface area (TPSA) is 23.6 Å². The highest BCUT2D eigenvalue weighted by Crippen LogP contribution is 2.26. The van der Waals surface area contributed by atoms with Gasteiger partial charge in [0.1, 0.15) is 0 Å². The molecule has 1 heterocycles. The Kier molecular flexibility index (Phi) is 4.36. The fourth-order valence-corrected chi connectivity index (χ4v) is 2.78. The lowest BCUT2D eigenvalue weighted by Gasteiger charge is -2.46. The van der Waals surface area contributed by atoms with Crippen molar-refractivity contribution in [3.63, 3.8) is 0 Å². The van der Waals surface area contributed by atoms with Crippen molar-refractivity contribution in [2.75, 3.05) is 20.6 Å². The second-order valence-electron chi connectivity index (χ2n) is 5.58. The van der Waals surface area contributed by atoms with E-state index in [-0.39, 0.29) is 11.8 Å². The molecule has 0 bridgehead atoms. The molecule has 0 aromatic rings. The Hall–Kier alpha value is -0.570. The van der Waals surface area contributed by atoms with Gasteiger partial charge in [0.25, 0.3) is 0 Å². The quantitative estimate of drug-likeness (QED) is 0.717. The number of nitrogens with zero attached hydrogens (tertiary/aromatic N) is 2. The predicted molar refractivity (Wildman–Crippen MR) is 67.3 cm³/mol. The first kappa shape index (κ1) is 13.5. The molecule has 0 aromatic heterocycles. The van der Waals surface area contributed by atoms with Crippen LogP contribution in [0.3, 0.4) is 0 Å². The van der Waals surface area contributed by atoms with Crippen LogP contribution in [0.2, 0.25) is 0 Å². The largest absolute Gasteiger partial charge is 0.341 e. The van der Waals surface area contributed by atoms with Crippen LogP contribution in [0.15, 0.2) is 0 Å². The Morgan fingerprint density at radius 2 is 1.94 bits per heavy atom. The van der Waals surface area contributed by atoms with Crippen LogP contribution in [0.5, 0.6) is 0 Å². The highest BCUT2D eigenvalue weighted by atomic mass is 16.2. The van der Waals surface area contributed by atoms with E-state index in [4.69, 9.17) is 0 Å². The van der Waals surface area contributed by atoms with Crippen LogP contribution in [0.1, 0.15) is 34.1 Å². The van der Waals surface area contributed by atoms with E-state index in [1.807, 2.05) is 25.8 Å². The number of rotatable bonds is 2. The van der Waals surface area contributed by atoms with Gasteiger partial charge in [0.15, 0.2) is 0 Å². The molecule has 3 nitrogen and oxygen atoms in total. The summed E-state index contributed by atoms with van der Waals surface area (Å²) in [5, 5.41) is 0. The average Bonchev–Trinajstić information content (AvgIpc) is 2.22. The van der Waals surface area contributed by atoms with Gasteiger partial charge in [-0.05, 0) is 32.9 Å². The van der Waals surface area contributed by atoms with E-state index in [1.54, 1.807) is 0 Å². The third-order valence-electron chi connectivity index (χ3n) is 4.00. The van der Waals surface area contributed by atoms with Gasteiger partial charge in [-0.1, -0.05) is 20.8 Å². The van der Waals surface area contributed by atoms with Crippen molar-refractivity contribution < 1.29 is 4.79 Å². The Bertz CT molecular complexity index is 252. The molecule has 1 fully saturated rings. The number of likely N-dealkylation sites (N-methyl/N-ethyl adjacent to an activating group) is 2. The van der Waals surface area contributed by atoms with Gasteiger partial charge in [-0.25, -0.2) is 0 Å². The fourth-order valence-electron chi connectivity index (χ4n) is 2.78. The summed E-state index contributed by atoms with van der Waals surface area (Å²) < 4.78 is 0. The molecule has 0 spiro atoms. The molecule has 0 radical (unpaired) electrons. The zero-order valence-electron chi connectivity index (χ0n) is 11.5. The van der Waals surface area contributed by atoms with Crippen LogP contribution >= 0.6 is 0 Å². The predicted octanol–water partition coefficient (Wildman–Crippen LogP) is 1.83. The summed E-state index contributed by atoms with van der Waals surface area (Å²) in [7, 11) is 4.11.